The van der Waals surface area contributed by atoms with E-state index in [9.17, 15) is 0 Å². The quantitative estimate of drug-likeness (QED) is 0.454. The molecule has 0 heterocycles. The summed E-state index contributed by atoms with van der Waals surface area (Å²) in [7, 11) is 0. The van der Waals surface area contributed by atoms with E-state index in [1.54, 1.807) is 0 Å². The van der Waals surface area contributed by atoms with E-state index in [2.05, 4.69) is 11.9 Å². The average Bonchev–Trinajstić information content (AvgIpc) is 1.97. The molecule has 64 valence electrons. The lowest BCUT2D eigenvalue weighted by molar-refractivity contribution is 0.842. The Bertz CT molecular complexity index is 155. The molecule has 11 heavy (non-hydrogen) atoms. The van der Waals surface area contributed by atoms with Gasteiger partial charge in [-0.2, -0.15) is 0 Å². The molecule has 0 spiro atoms. The monoisotopic (exact) mass is 173 g/mol. The Morgan fingerprint density at radius 1 is 1.45 bits per heavy atom. The van der Waals surface area contributed by atoms with Crippen molar-refractivity contribution in [2.45, 2.75) is 40.0 Å². The zero-order valence-electron chi connectivity index (χ0n) is 7.52. The van der Waals surface area contributed by atoms with Crippen molar-refractivity contribution in [1.82, 2.24) is 0 Å². The fourth-order valence-corrected chi connectivity index (χ4v) is 0.635. The van der Waals surface area contributed by atoms with E-state index < -0.39 is 0 Å². The second kappa shape index (κ2) is 6.41. The predicted molar refractivity (Wildman–Crippen MR) is 52.2 cm³/mol. The van der Waals surface area contributed by atoms with Gasteiger partial charge in [0.15, 0.2) is 0 Å². The summed E-state index contributed by atoms with van der Waals surface area (Å²) < 4.78 is 0. The van der Waals surface area contributed by atoms with Crippen LogP contribution in [0.1, 0.15) is 40.0 Å². The Morgan fingerprint density at radius 2 is 2.09 bits per heavy atom. The molecule has 0 aromatic carbocycles. The first-order chi connectivity index (χ1) is 5.18. The van der Waals surface area contributed by atoms with Gasteiger partial charge in [-0.1, -0.05) is 24.9 Å². The predicted octanol–water partition coefficient (Wildman–Crippen LogP) is 3.74. The van der Waals surface area contributed by atoms with Crippen molar-refractivity contribution in [3.63, 3.8) is 0 Å². The Kier molecular flexibility index (Phi) is 6.24. The second-order valence-corrected chi connectivity index (χ2v) is 3.14. The molecule has 0 rings (SSSR count). The third-order valence-electron chi connectivity index (χ3n) is 1.47. The van der Waals surface area contributed by atoms with E-state index >= 15 is 0 Å². The Morgan fingerprint density at radius 3 is 2.55 bits per heavy atom. The number of rotatable bonds is 4. The van der Waals surface area contributed by atoms with Crippen molar-refractivity contribution in [2.75, 3.05) is 0 Å². The fourth-order valence-electron chi connectivity index (χ4n) is 0.586. The van der Waals surface area contributed by atoms with E-state index in [1.165, 1.54) is 12.8 Å². The Labute approximate surface area is 74.2 Å². The number of aliphatic imine (C=N–C) groups is 1. The lowest BCUT2D eigenvalue weighted by Crippen LogP contribution is -1.77. The van der Waals surface area contributed by atoms with E-state index in [-0.39, 0.29) is 0 Å². The molecule has 0 amide bonds. The van der Waals surface area contributed by atoms with Gasteiger partial charge in [0.25, 0.3) is 0 Å². The molecule has 0 unspecified atom stereocenters. The first-order valence-electron chi connectivity index (χ1n) is 4.04. The lowest BCUT2D eigenvalue weighted by Gasteiger charge is -1.92. The molecule has 0 aliphatic rings. The second-order valence-electron chi connectivity index (χ2n) is 2.57. The molecule has 0 aromatic rings. The standard InChI is InChI=1S/C9H16ClN/c1-4-5-6-7-11-9(3)8(2)10/h7H,4-6H2,1-3H3/b9-8+,11-7-. The molecule has 0 bridgehead atoms. The van der Waals surface area contributed by atoms with E-state index in [4.69, 9.17) is 11.6 Å². The summed E-state index contributed by atoms with van der Waals surface area (Å²) in [4.78, 5) is 4.18. The maximum absolute atomic E-state index is 5.71. The van der Waals surface area contributed by atoms with Crippen molar-refractivity contribution in [3.05, 3.63) is 10.7 Å². The average molecular weight is 174 g/mol. The van der Waals surface area contributed by atoms with Gasteiger partial charge in [0.1, 0.15) is 0 Å². The normalized spacial score (nSPS) is 13.8. The van der Waals surface area contributed by atoms with Crippen molar-refractivity contribution in [2.24, 2.45) is 4.99 Å². The van der Waals surface area contributed by atoms with Crippen LogP contribution in [0.4, 0.5) is 0 Å². The van der Waals surface area contributed by atoms with Crippen LogP contribution in [-0.4, -0.2) is 6.21 Å². The van der Waals surface area contributed by atoms with Gasteiger partial charge in [0.2, 0.25) is 0 Å². The van der Waals surface area contributed by atoms with Crippen LogP contribution in [0.25, 0.3) is 0 Å². The third-order valence-corrected chi connectivity index (χ3v) is 1.74. The van der Waals surface area contributed by atoms with Crippen LogP contribution in [0.2, 0.25) is 0 Å². The highest BCUT2D eigenvalue weighted by Crippen LogP contribution is 2.07. The molecular weight excluding hydrogens is 158 g/mol. The number of nitrogens with zero attached hydrogens (tertiary/aromatic N) is 1. The third kappa shape index (κ3) is 6.11. The van der Waals surface area contributed by atoms with E-state index in [0.717, 1.165) is 17.2 Å². The van der Waals surface area contributed by atoms with Gasteiger partial charge in [-0.05, 0) is 26.7 Å². The van der Waals surface area contributed by atoms with Gasteiger partial charge in [-0.3, -0.25) is 4.99 Å². The molecule has 2 heteroatoms. The van der Waals surface area contributed by atoms with Gasteiger partial charge in [-0.15, -0.1) is 0 Å². The highest BCUT2D eigenvalue weighted by atomic mass is 35.5. The van der Waals surface area contributed by atoms with Crippen molar-refractivity contribution in [3.8, 4) is 0 Å². The summed E-state index contributed by atoms with van der Waals surface area (Å²) in [6.07, 6.45) is 5.41. The van der Waals surface area contributed by atoms with E-state index in [0.29, 0.717) is 0 Å². The lowest BCUT2D eigenvalue weighted by atomic mass is 10.3. The number of allylic oxidation sites excluding steroid dienone is 2. The molecule has 0 atom stereocenters. The van der Waals surface area contributed by atoms with Crippen LogP contribution < -0.4 is 0 Å². The smallest absolute Gasteiger partial charge is 0.0510 e. The van der Waals surface area contributed by atoms with Crippen molar-refractivity contribution >= 4 is 17.8 Å². The minimum Gasteiger partial charge on any atom is -0.265 e. The summed E-state index contributed by atoms with van der Waals surface area (Å²) in [5.41, 5.74) is 0.919. The first kappa shape index (κ1) is 10.7. The van der Waals surface area contributed by atoms with E-state index in [1.807, 2.05) is 20.1 Å². The van der Waals surface area contributed by atoms with Crippen LogP contribution in [0.3, 0.4) is 0 Å². The maximum atomic E-state index is 5.71. The molecule has 1 nitrogen and oxygen atoms in total. The van der Waals surface area contributed by atoms with Gasteiger partial charge < -0.3 is 0 Å². The molecule has 0 N–H and O–H groups in total. The topological polar surface area (TPSA) is 12.4 Å². The summed E-state index contributed by atoms with van der Waals surface area (Å²) in [6, 6.07) is 0. The number of hydrogen-bond donors (Lipinski definition) is 0. The van der Waals surface area contributed by atoms with Gasteiger partial charge in [-0.25, -0.2) is 0 Å². The molecule has 0 fully saturated rings. The molecule has 0 saturated carbocycles. The minimum absolute atomic E-state index is 0.776. The maximum Gasteiger partial charge on any atom is 0.0510 e. The summed E-state index contributed by atoms with van der Waals surface area (Å²) in [5.74, 6) is 0. The van der Waals surface area contributed by atoms with Gasteiger partial charge in [0.05, 0.1) is 5.70 Å². The molecular formula is C9H16ClN. The molecule has 0 radical (unpaired) electrons. The minimum atomic E-state index is 0.776. The van der Waals surface area contributed by atoms with Crippen LogP contribution in [0, 0.1) is 0 Å². The fraction of sp³-hybridized carbons (Fsp3) is 0.667. The first-order valence-corrected chi connectivity index (χ1v) is 4.41. The number of unbranched alkanes of at least 4 members (excludes halogenated alkanes) is 2. The van der Waals surface area contributed by atoms with Gasteiger partial charge >= 0.3 is 0 Å². The SMILES string of the molecule is CCCC/C=N\C(C)=C(/C)Cl. The Balaban J connectivity index is 3.66. The Hall–Kier alpha value is -0.300. The molecule has 0 aliphatic carbocycles. The summed E-state index contributed by atoms with van der Waals surface area (Å²) in [5, 5.41) is 0.776. The van der Waals surface area contributed by atoms with Crippen molar-refractivity contribution in [1.29, 1.82) is 0 Å². The molecule has 0 saturated heterocycles. The van der Waals surface area contributed by atoms with Crippen LogP contribution in [0.15, 0.2) is 15.7 Å². The number of hydrogen-bond acceptors (Lipinski definition) is 1. The zero-order valence-corrected chi connectivity index (χ0v) is 8.28. The highest BCUT2D eigenvalue weighted by Gasteiger charge is 1.87. The molecule has 0 aromatic heterocycles. The van der Waals surface area contributed by atoms with Gasteiger partial charge in [0, 0.05) is 11.2 Å². The summed E-state index contributed by atoms with van der Waals surface area (Å²) in [6.45, 7) is 5.95. The largest absolute Gasteiger partial charge is 0.265 e. The summed E-state index contributed by atoms with van der Waals surface area (Å²) >= 11 is 5.71. The van der Waals surface area contributed by atoms with Crippen LogP contribution in [-0.2, 0) is 0 Å². The van der Waals surface area contributed by atoms with Crippen molar-refractivity contribution < 1.29 is 0 Å². The zero-order chi connectivity index (χ0) is 8.69. The number of halogens is 1. The molecule has 0 aliphatic heterocycles. The van der Waals surface area contributed by atoms with Crippen LogP contribution >= 0.6 is 11.6 Å². The highest BCUT2D eigenvalue weighted by molar-refractivity contribution is 6.29. The van der Waals surface area contributed by atoms with Crippen LogP contribution in [0.5, 0.6) is 0 Å².